The van der Waals surface area contributed by atoms with Crippen molar-refractivity contribution >= 4 is 17.5 Å². The van der Waals surface area contributed by atoms with Crippen LogP contribution in [0.5, 0.6) is 0 Å². The number of hydrogen-bond acceptors (Lipinski definition) is 2. The van der Waals surface area contributed by atoms with E-state index < -0.39 is 0 Å². The Labute approximate surface area is 119 Å². The lowest BCUT2D eigenvalue weighted by Gasteiger charge is -2.35. The molecule has 0 spiro atoms. The van der Waals surface area contributed by atoms with E-state index in [2.05, 4.69) is 0 Å². The molecule has 2 N–H and O–H groups in total. The smallest absolute Gasteiger partial charge is 0.254 e. The number of benzene rings is 1. The van der Waals surface area contributed by atoms with Gasteiger partial charge in [-0.2, -0.15) is 0 Å². The number of nitrogens with zero attached hydrogens (tertiary/aromatic N) is 1. The first-order valence-corrected chi connectivity index (χ1v) is 7.18. The number of likely N-dealkylation sites (tertiary alicyclic amines) is 1. The molecule has 0 aromatic heterocycles. The highest BCUT2D eigenvalue weighted by atomic mass is 35.5. The van der Waals surface area contributed by atoms with Crippen molar-refractivity contribution < 1.29 is 4.79 Å². The van der Waals surface area contributed by atoms with Crippen LogP contribution in [-0.2, 0) is 0 Å². The molecule has 3 nitrogen and oxygen atoms in total. The van der Waals surface area contributed by atoms with E-state index in [0.717, 1.165) is 37.1 Å². The molecule has 1 aromatic rings. The molecule has 0 saturated carbocycles. The Morgan fingerprint density at radius 3 is 2.89 bits per heavy atom. The number of aryl methyl sites for hydroxylation is 1. The van der Waals surface area contributed by atoms with E-state index >= 15 is 0 Å². The molecular formula is C15H21ClN2O. The molecule has 1 amide bonds. The summed E-state index contributed by atoms with van der Waals surface area (Å²) in [6.07, 6.45) is 2.14. The second-order valence-corrected chi connectivity index (χ2v) is 5.91. The molecular weight excluding hydrogens is 260 g/mol. The van der Waals surface area contributed by atoms with Gasteiger partial charge in [0, 0.05) is 29.7 Å². The SMILES string of the molecule is Cc1cc(Cl)ccc1C(=O)N1CCCC(C(C)N)C1. The van der Waals surface area contributed by atoms with Gasteiger partial charge in [0.1, 0.15) is 0 Å². The van der Waals surface area contributed by atoms with E-state index in [0.29, 0.717) is 10.9 Å². The summed E-state index contributed by atoms with van der Waals surface area (Å²) in [5, 5.41) is 0.668. The van der Waals surface area contributed by atoms with E-state index in [-0.39, 0.29) is 11.9 Å². The Kier molecular flexibility index (Phi) is 4.48. The van der Waals surface area contributed by atoms with Crippen molar-refractivity contribution in [2.45, 2.75) is 32.7 Å². The van der Waals surface area contributed by atoms with Gasteiger partial charge in [-0.15, -0.1) is 0 Å². The van der Waals surface area contributed by atoms with Gasteiger partial charge in [-0.25, -0.2) is 0 Å². The zero-order chi connectivity index (χ0) is 14.0. The van der Waals surface area contributed by atoms with Crippen LogP contribution in [-0.4, -0.2) is 29.9 Å². The van der Waals surface area contributed by atoms with Crippen molar-refractivity contribution in [1.82, 2.24) is 4.90 Å². The fraction of sp³-hybridized carbons (Fsp3) is 0.533. The van der Waals surface area contributed by atoms with E-state index in [4.69, 9.17) is 17.3 Å². The highest BCUT2D eigenvalue weighted by Crippen LogP contribution is 2.22. The molecule has 1 saturated heterocycles. The van der Waals surface area contributed by atoms with Gasteiger partial charge >= 0.3 is 0 Å². The third-order valence-corrected chi connectivity index (χ3v) is 4.14. The Bertz CT molecular complexity index is 473. The van der Waals surface area contributed by atoms with Crippen LogP contribution in [0.1, 0.15) is 35.7 Å². The average molecular weight is 281 g/mol. The fourth-order valence-electron chi connectivity index (χ4n) is 2.66. The summed E-state index contributed by atoms with van der Waals surface area (Å²) in [7, 11) is 0. The Morgan fingerprint density at radius 1 is 1.53 bits per heavy atom. The third kappa shape index (κ3) is 3.28. The van der Waals surface area contributed by atoms with Crippen molar-refractivity contribution in [2.24, 2.45) is 11.7 Å². The molecule has 0 aliphatic carbocycles. The number of rotatable bonds is 2. The van der Waals surface area contributed by atoms with Crippen molar-refractivity contribution in [3.63, 3.8) is 0 Å². The summed E-state index contributed by atoms with van der Waals surface area (Å²) < 4.78 is 0. The van der Waals surface area contributed by atoms with Crippen LogP contribution in [0.25, 0.3) is 0 Å². The van der Waals surface area contributed by atoms with Crippen LogP contribution in [0.15, 0.2) is 18.2 Å². The van der Waals surface area contributed by atoms with Crippen LogP contribution in [0.2, 0.25) is 5.02 Å². The molecule has 4 heteroatoms. The molecule has 1 fully saturated rings. The minimum Gasteiger partial charge on any atom is -0.338 e. The predicted octanol–water partition coefficient (Wildman–Crippen LogP) is 2.85. The number of halogens is 1. The second-order valence-electron chi connectivity index (χ2n) is 5.47. The number of nitrogens with two attached hydrogens (primary N) is 1. The van der Waals surface area contributed by atoms with Gasteiger partial charge in [0.15, 0.2) is 0 Å². The molecule has 2 unspecified atom stereocenters. The topological polar surface area (TPSA) is 46.3 Å². The molecule has 2 atom stereocenters. The lowest BCUT2D eigenvalue weighted by atomic mass is 9.91. The van der Waals surface area contributed by atoms with E-state index in [1.807, 2.05) is 30.9 Å². The summed E-state index contributed by atoms with van der Waals surface area (Å²) in [4.78, 5) is 14.5. The van der Waals surface area contributed by atoms with E-state index in [1.165, 1.54) is 0 Å². The second kappa shape index (κ2) is 5.93. The maximum absolute atomic E-state index is 12.5. The summed E-state index contributed by atoms with van der Waals surface area (Å²) in [6, 6.07) is 5.56. The number of hydrogen-bond donors (Lipinski definition) is 1. The van der Waals surface area contributed by atoms with Crippen LogP contribution in [0.4, 0.5) is 0 Å². The van der Waals surface area contributed by atoms with E-state index in [9.17, 15) is 4.79 Å². The predicted molar refractivity (Wildman–Crippen MR) is 78.5 cm³/mol. The molecule has 1 aliphatic heterocycles. The zero-order valence-corrected chi connectivity index (χ0v) is 12.3. The minimum absolute atomic E-state index is 0.0968. The van der Waals surface area contributed by atoms with Gasteiger partial charge in [0.05, 0.1) is 0 Å². The zero-order valence-electron chi connectivity index (χ0n) is 11.5. The average Bonchev–Trinajstić information content (AvgIpc) is 2.38. The Morgan fingerprint density at radius 2 is 2.26 bits per heavy atom. The summed E-state index contributed by atoms with van der Waals surface area (Å²) in [5.41, 5.74) is 7.64. The van der Waals surface area contributed by atoms with Crippen LogP contribution in [0, 0.1) is 12.8 Å². The first kappa shape index (κ1) is 14.4. The normalized spacial score (nSPS) is 21.3. The standard InChI is InChI=1S/C15H21ClN2O/c1-10-8-13(16)5-6-14(10)15(19)18-7-3-4-12(9-18)11(2)17/h5-6,8,11-12H,3-4,7,9,17H2,1-2H3. The van der Waals surface area contributed by atoms with Crippen molar-refractivity contribution in [2.75, 3.05) is 13.1 Å². The van der Waals surface area contributed by atoms with Crippen LogP contribution < -0.4 is 5.73 Å². The highest BCUT2D eigenvalue weighted by Gasteiger charge is 2.27. The Hall–Kier alpha value is -1.06. The van der Waals surface area contributed by atoms with Crippen molar-refractivity contribution in [1.29, 1.82) is 0 Å². The summed E-state index contributed by atoms with van der Waals surface area (Å²) >= 11 is 5.93. The van der Waals surface area contributed by atoms with Gasteiger partial charge in [-0.05, 0) is 56.4 Å². The van der Waals surface area contributed by atoms with Gasteiger partial charge in [-0.3, -0.25) is 4.79 Å². The van der Waals surface area contributed by atoms with E-state index in [1.54, 1.807) is 6.07 Å². The number of carbonyl (C=O) groups is 1. The monoisotopic (exact) mass is 280 g/mol. The number of piperidine rings is 1. The maximum Gasteiger partial charge on any atom is 0.254 e. The van der Waals surface area contributed by atoms with Crippen LogP contribution in [0.3, 0.4) is 0 Å². The van der Waals surface area contributed by atoms with Crippen molar-refractivity contribution in [3.05, 3.63) is 34.3 Å². The number of amides is 1. The largest absolute Gasteiger partial charge is 0.338 e. The lowest BCUT2D eigenvalue weighted by molar-refractivity contribution is 0.0660. The first-order chi connectivity index (χ1) is 8.99. The molecule has 1 aromatic carbocycles. The van der Waals surface area contributed by atoms with Gasteiger partial charge in [0.2, 0.25) is 0 Å². The molecule has 1 aliphatic rings. The van der Waals surface area contributed by atoms with Gasteiger partial charge in [0.25, 0.3) is 5.91 Å². The minimum atomic E-state index is 0.0968. The molecule has 0 radical (unpaired) electrons. The number of carbonyl (C=O) groups excluding carboxylic acids is 1. The quantitative estimate of drug-likeness (QED) is 0.905. The first-order valence-electron chi connectivity index (χ1n) is 6.80. The molecule has 2 rings (SSSR count). The third-order valence-electron chi connectivity index (χ3n) is 3.91. The lowest BCUT2D eigenvalue weighted by Crippen LogP contribution is -2.45. The molecule has 1 heterocycles. The molecule has 0 bridgehead atoms. The summed E-state index contributed by atoms with van der Waals surface area (Å²) in [6.45, 7) is 5.53. The fourth-order valence-corrected chi connectivity index (χ4v) is 2.89. The summed E-state index contributed by atoms with van der Waals surface area (Å²) in [5.74, 6) is 0.504. The molecule has 104 valence electrons. The van der Waals surface area contributed by atoms with Crippen LogP contribution >= 0.6 is 11.6 Å². The van der Waals surface area contributed by atoms with Gasteiger partial charge in [-0.1, -0.05) is 11.6 Å². The van der Waals surface area contributed by atoms with Gasteiger partial charge < -0.3 is 10.6 Å². The van der Waals surface area contributed by atoms with Crippen molar-refractivity contribution in [3.8, 4) is 0 Å². The highest BCUT2D eigenvalue weighted by molar-refractivity contribution is 6.30. The molecule has 19 heavy (non-hydrogen) atoms. The Balaban J connectivity index is 2.15. The maximum atomic E-state index is 12.5.